The molecule has 1 unspecified atom stereocenters. The number of pyridine rings is 1. The second-order valence-corrected chi connectivity index (χ2v) is 6.02. The van der Waals surface area contributed by atoms with Crippen LogP contribution < -0.4 is 10.1 Å². The maximum atomic E-state index is 12.3. The van der Waals surface area contributed by atoms with E-state index in [1.807, 2.05) is 12.1 Å². The zero-order chi connectivity index (χ0) is 16.2. The Balaban J connectivity index is 1.56. The zero-order valence-corrected chi connectivity index (χ0v) is 13.7. The number of nitrogens with one attached hydrogen (secondary N) is 1. The van der Waals surface area contributed by atoms with Gasteiger partial charge >= 0.3 is 6.03 Å². The number of benzene rings is 1. The number of nitrogens with zero attached hydrogens (tertiary/aromatic N) is 2. The molecule has 120 valence electrons. The number of hydrogen-bond donors (Lipinski definition) is 1. The van der Waals surface area contributed by atoms with E-state index in [1.165, 1.54) is 0 Å². The number of carbonyl (C=O) groups excluding carboxylic acids is 1. The van der Waals surface area contributed by atoms with E-state index in [0.717, 1.165) is 6.42 Å². The van der Waals surface area contributed by atoms with Crippen molar-refractivity contribution in [2.75, 3.05) is 18.4 Å². The van der Waals surface area contributed by atoms with Crippen molar-refractivity contribution in [1.82, 2.24) is 9.88 Å². The van der Waals surface area contributed by atoms with Crippen LogP contribution in [0.2, 0.25) is 10.0 Å². The summed E-state index contributed by atoms with van der Waals surface area (Å²) < 4.78 is 5.77. The first-order chi connectivity index (χ1) is 11.1. The fourth-order valence-electron chi connectivity index (χ4n) is 2.37. The minimum absolute atomic E-state index is 0.0514. The first-order valence-corrected chi connectivity index (χ1v) is 7.96. The predicted octanol–water partition coefficient (Wildman–Crippen LogP) is 4.07. The quantitative estimate of drug-likeness (QED) is 0.906. The summed E-state index contributed by atoms with van der Waals surface area (Å²) in [6, 6.07) is 10.3. The molecular weight excluding hydrogens is 337 g/mol. The number of urea groups is 1. The lowest BCUT2D eigenvalue weighted by atomic mass is 10.3. The van der Waals surface area contributed by atoms with Gasteiger partial charge in [0, 0.05) is 30.9 Å². The van der Waals surface area contributed by atoms with E-state index in [-0.39, 0.29) is 12.1 Å². The number of likely N-dealkylation sites (tertiary alicyclic amines) is 1. The molecule has 1 aliphatic rings. The summed E-state index contributed by atoms with van der Waals surface area (Å²) in [5, 5.41) is 3.67. The Labute approximate surface area is 144 Å². The van der Waals surface area contributed by atoms with Crippen LogP contribution in [0.5, 0.6) is 5.88 Å². The van der Waals surface area contributed by atoms with E-state index < -0.39 is 0 Å². The Morgan fingerprint density at radius 1 is 1.26 bits per heavy atom. The normalized spacial score (nSPS) is 17.1. The largest absolute Gasteiger partial charge is 0.472 e. The van der Waals surface area contributed by atoms with Crippen LogP contribution in [0, 0.1) is 0 Å². The summed E-state index contributed by atoms with van der Waals surface area (Å²) in [6.07, 6.45) is 2.40. The van der Waals surface area contributed by atoms with Gasteiger partial charge in [-0.2, -0.15) is 0 Å². The van der Waals surface area contributed by atoms with Crippen molar-refractivity contribution in [1.29, 1.82) is 0 Å². The maximum Gasteiger partial charge on any atom is 0.321 e. The first-order valence-electron chi connectivity index (χ1n) is 7.20. The molecule has 1 fully saturated rings. The van der Waals surface area contributed by atoms with Crippen molar-refractivity contribution >= 4 is 34.9 Å². The molecule has 1 aromatic carbocycles. The van der Waals surface area contributed by atoms with Crippen molar-refractivity contribution in [2.24, 2.45) is 0 Å². The average Bonchev–Trinajstić information content (AvgIpc) is 3.00. The second kappa shape index (κ2) is 7.06. The molecule has 0 spiro atoms. The molecule has 0 bridgehead atoms. The molecule has 1 saturated heterocycles. The highest BCUT2D eigenvalue weighted by Crippen LogP contribution is 2.25. The van der Waals surface area contributed by atoms with Crippen molar-refractivity contribution in [2.45, 2.75) is 12.5 Å². The van der Waals surface area contributed by atoms with Crippen molar-refractivity contribution in [3.63, 3.8) is 0 Å². The third kappa shape index (κ3) is 4.06. The highest BCUT2D eigenvalue weighted by Gasteiger charge is 2.28. The molecule has 0 saturated carbocycles. The van der Waals surface area contributed by atoms with Gasteiger partial charge < -0.3 is 15.0 Å². The van der Waals surface area contributed by atoms with Gasteiger partial charge in [0.15, 0.2) is 0 Å². The SMILES string of the molecule is O=C(Nc1ccc(Cl)c(Cl)c1)N1CCC(Oc2ccccn2)C1. The lowest BCUT2D eigenvalue weighted by Crippen LogP contribution is -2.34. The van der Waals surface area contributed by atoms with Crippen molar-refractivity contribution < 1.29 is 9.53 Å². The van der Waals surface area contributed by atoms with E-state index in [4.69, 9.17) is 27.9 Å². The maximum absolute atomic E-state index is 12.3. The standard InChI is InChI=1S/C16H15Cl2N3O2/c17-13-5-4-11(9-14(13)18)20-16(22)21-8-6-12(10-21)23-15-3-1-2-7-19-15/h1-5,7,9,12H,6,8,10H2,(H,20,22). The Morgan fingerprint density at radius 3 is 2.87 bits per heavy atom. The minimum Gasteiger partial charge on any atom is -0.472 e. The van der Waals surface area contributed by atoms with Crippen LogP contribution in [0.3, 0.4) is 0 Å². The number of ether oxygens (including phenoxy) is 1. The summed E-state index contributed by atoms with van der Waals surface area (Å²) in [4.78, 5) is 18.1. The van der Waals surface area contributed by atoms with Crippen LogP contribution in [0.4, 0.5) is 10.5 Å². The smallest absolute Gasteiger partial charge is 0.321 e. The van der Waals surface area contributed by atoms with Crippen LogP contribution in [0.15, 0.2) is 42.6 Å². The second-order valence-electron chi connectivity index (χ2n) is 5.20. The molecule has 5 nitrogen and oxygen atoms in total. The molecule has 7 heteroatoms. The van der Waals surface area contributed by atoms with Gasteiger partial charge in [0.05, 0.1) is 16.6 Å². The molecule has 1 aliphatic heterocycles. The highest BCUT2D eigenvalue weighted by molar-refractivity contribution is 6.42. The number of aromatic nitrogens is 1. The molecule has 0 aliphatic carbocycles. The summed E-state index contributed by atoms with van der Waals surface area (Å²) >= 11 is 11.8. The van der Waals surface area contributed by atoms with Crippen LogP contribution in [0.25, 0.3) is 0 Å². The van der Waals surface area contributed by atoms with Crippen LogP contribution >= 0.6 is 23.2 Å². The summed E-state index contributed by atoms with van der Waals surface area (Å²) in [6.45, 7) is 1.15. The number of amides is 2. The number of anilines is 1. The fraction of sp³-hybridized carbons (Fsp3) is 0.250. The molecule has 2 aromatic rings. The molecule has 1 atom stereocenters. The Kier molecular flexibility index (Phi) is 4.88. The highest BCUT2D eigenvalue weighted by atomic mass is 35.5. The van der Waals surface area contributed by atoms with Crippen LogP contribution in [-0.2, 0) is 0 Å². The molecule has 2 heterocycles. The molecule has 0 radical (unpaired) electrons. The Morgan fingerprint density at radius 2 is 2.13 bits per heavy atom. The summed E-state index contributed by atoms with van der Waals surface area (Å²) in [7, 11) is 0. The Bertz CT molecular complexity index is 697. The predicted molar refractivity (Wildman–Crippen MR) is 90.3 cm³/mol. The fourth-order valence-corrected chi connectivity index (χ4v) is 2.67. The third-order valence-corrected chi connectivity index (χ3v) is 4.27. The van der Waals surface area contributed by atoms with Gasteiger partial charge in [0.1, 0.15) is 6.10 Å². The number of hydrogen-bond acceptors (Lipinski definition) is 3. The van der Waals surface area contributed by atoms with E-state index in [2.05, 4.69) is 10.3 Å². The van der Waals surface area contributed by atoms with Gasteiger partial charge in [-0.25, -0.2) is 9.78 Å². The topological polar surface area (TPSA) is 54.5 Å². The molecule has 2 amide bonds. The van der Waals surface area contributed by atoms with E-state index in [9.17, 15) is 4.79 Å². The monoisotopic (exact) mass is 351 g/mol. The van der Waals surface area contributed by atoms with Gasteiger partial charge in [-0.1, -0.05) is 29.3 Å². The van der Waals surface area contributed by atoms with Gasteiger partial charge in [-0.05, 0) is 24.3 Å². The average molecular weight is 352 g/mol. The van der Waals surface area contributed by atoms with Crippen LogP contribution in [-0.4, -0.2) is 35.1 Å². The van der Waals surface area contributed by atoms with E-state index in [1.54, 1.807) is 35.4 Å². The summed E-state index contributed by atoms with van der Waals surface area (Å²) in [5.41, 5.74) is 0.610. The van der Waals surface area contributed by atoms with Gasteiger partial charge in [-0.3, -0.25) is 0 Å². The van der Waals surface area contributed by atoms with E-state index in [0.29, 0.717) is 34.7 Å². The van der Waals surface area contributed by atoms with Crippen molar-refractivity contribution in [3.8, 4) is 5.88 Å². The number of halogens is 2. The van der Waals surface area contributed by atoms with Gasteiger partial charge in [0.25, 0.3) is 0 Å². The van der Waals surface area contributed by atoms with E-state index >= 15 is 0 Å². The lowest BCUT2D eigenvalue weighted by molar-refractivity contribution is 0.190. The molecule has 1 N–H and O–H groups in total. The molecule has 3 rings (SSSR count). The number of rotatable bonds is 3. The summed E-state index contributed by atoms with van der Waals surface area (Å²) in [5.74, 6) is 0.573. The minimum atomic E-state index is -0.185. The molecule has 1 aromatic heterocycles. The van der Waals surface area contributed by atoms with Crippen LogP contribution in [0.1, 0.15) is 6.42 Å². The Hall–Kier alpha value is -1.98. The van der Waals surface area contributed by atoms with Crippen molar-refractivity contribution in [3.05, 3.63) is 52.6 Å². The molecular formula is C16H15Cl2N3O2. The third-order valence-electron chi connectivity index (χ3n) is 3.53. The number of carbonyl (C=O) groups is 1. The molecule has 23 heavy (non-hydrogen) atoms. The van der Waals surface area contributed by atoms with Gasteiger partial charge in [-0.15, -0.1) is 0 Å². The zero-order valence-electron chi connectivity index (χ0n) is 12.2. The first kappa shape index (κ1) is 15.9. The van der Waals surface area contributed by atoms with Gasteiger partial charge in [0.2, 0.25) is 5.88 Å². The lowest BCUT2D eigenvalue weighted by Gasteiger charge is -2.18.